The van der Waals surface area contributed by atoms with Crippen LogP contribution in [-0.2, 0) is 28.4 Å². The Bertz CT molecular complexity index is 1460. The van der Waals surface area contributed by atoms with E-state index in [1.54, 1.807) is 24.3 Å². The van der Waals surface area contributed by atoms with Crippen LogP contribution in [0.15, 0.2) is 50.8 Å². The van der Waals surface area contributed by atoms with Crippen molar-refractivity contribution in [1.82, 2.24) is 0 Å². The second-order valence-electron chi connectivity index (χ2n) is 11.3. The van der Waals surface area contributed by atoms with Crippen LogP contribution in [0.25, 0.3) is 41.8 Å². The van der Waals surface area contributed by atoms with E-state index in [9.17, 15) is 42.1 Å². The first-order chi connectivity index (χ1) is 23.2. The first-order valence-corrected chi connectivity index (χ1v) is 14.7. The smallest absolute Gasteiger partial charge is 0.186 e. The van der Waals surface area contributed by atoms with E-state index in [0.29, 0.717) is 5.56 Å². The van der Waals surface area contributed by atoms with E-state index < -0.39 is 105 Å². The van der Waals surface area contributed by atoms with Gasteiger partial charge >= 0.3 is 0 Å². The third-order valence-corrected chi connectivity index (χ3v) is 8.48. The molecule has 5 N–H and O–H groups in total. The van der Waals surface area contributed by atoms with Gasteiger partial charge in [-0.05, 0) is 28.5 Å². The average Bonchev–Trinajstić information content (AvgIpc) is 3.09. The van der Waals surface area contributed by atoms with Gasteiger partial charge in [0.2, 0.25) is 0 Å². The van der Waals surface area contributed by atoms with Gasteiger partial charge in [0.05, 0.1) is 49.6 Å². The van der Waals surface area contributed by atoms with E-state index in [4.69, 9.17) is 34.0 Å². The average molecular weight is 677 g/mol. The van der Waals surface area contributed by atoms with Crippen LogP contribution in [0.5, 0.6) is 0 Å². The molecule has 3 aliphatic heterocycles. The quantitative estimate of drug-likeness (QED) is 0.131. The van der Waals surface area contributed by atoms with Crippen LogP contribution in [0.3, 0.4) is 0 Å². The van der Waals surface area contributed by atoms with Crippen molar-refractivity contribution < 1.29 is 54.0 Å². The van der Waals surface area contributed by atoms with Gasteiger partial charge in [-0.3, -0.25) is 0 Å². The van der Waals surface area contributed by atoms with Crippen molar-refractivity contribution in [1.29, 1.82) is 0 Å². The molecular formula is C25H32N12O11. The largest absolute Gasteiger partial charge is 0.388 e. The van der Waals surface area contributed by atoms with E-state index in [1.807, 2.05) is 6.07 Å². The highest BCUT2D eigenvalue weighted by Gasteiger charge is 2.54. The number of nitrogens with zero attached hydrogens (tertiary/aromatic N) is 12. The monoisotopic (exact) mass is 676 g/mol. The normalized spacial score (nSPS) is 42.4. The van der Waals surface area contributed by atoms with Crippen LogP contribution in [-0.4, -0.2) is 130 Å². The number of hydrogen-bond donors (Lipinski definition) is 5. The maximum absolute atomic E-state index is 11.5. The Morgan fingerprint density at radius 2 is 1.33 bits per heavy atom. The number of benzene rings is 1. The topological polar surface area (TPSA) is 352 Å². The summed E-state index contributed by atoms with van der Waals surface area (Å²) in [6.45, 7) is -0.530. The lowest BCUT2D eigenvalue weighted by molar-refractivity contribution is -0.358. The lowest BCUT2D eigenvalue weighted by Crippen LogP contribution is -2.65. The third kappa shape index (κ3) is 7.36. The van der Waals surface area contributed by atoms with Gasteiger partial charge in [-0.15, -0.1) is 0 Å². The predicted molar refractivity (Wildman–Crippen MR) is 155 cm³/mol. The molecule has 0 spiro atoms. The summed E-state index contributed by atoms with van der Waals surface area (Å²) < 4.78 is 35.1. The van der Waals surface area contributed by atoms with Crippen LogP contribution in [0.2, 0.25) is 0 Å². The Morgan fingerprint density at radius 3 is 1.94 bits per heavy atom. The summed E-state index contributed by atoms with van der Waals surface area (Å²) >= 11 is 0. The Balaban J connectivity index is 1.38. The molecule has 5 rings (SSSR count). The number of azide groups is 4. The molecule has 48 heavy (non-hydrogen) atoms. The summed E-state index contributed by atoms with van der Waals surface area (Å²) in [4.78, 5) is 11.0. The number of hydrogen-bond acceptors (Lipinski definition) is 15. The first kappa shape index (κ1) is 35.3. The highest BCUT2D eigenvalue weighted by molar-refractivity contribution is 5.17. The van der Waals surface area contributed by atoms with Crippen molar-refractivity contribution in [3.63, 3.8) is 0 Å². The molecule has 23 nitrogen and oxygen atoms in total. The van der Waals surface area contributed by atoms with Crippen LogP contribution in [0.1, 0.15) is 18.3 Å². The van der Waals surface area contributed by atoms with Gasteiger partial charge in [0.25, 0.3) is 0 Å². The molecule has 1 aliphatic carbocycles. The molecule has 16 atom stereocenters. The molecule has 3 saturated heterocycles. The standard InChI is InChI=1S/C25H32N12O11/c26-34-30-7-12-15(38)17(40)18(41)25(44-12)47-21-11(32-36-28)6-10(31-35-27)20(19(21)42)46-24-16(39)14(33-37-29)22-13(45-24)8-43-23(48-22)9-4-2-1-3-5-9/h1-5,10-25,38-42H,6-8H2/t10-,11+,12-,13-,14-,15-,16-,17+,18-,19-,20+,21-,22-,23+,24-,25-/m1/s1. The van der Waals surface area contributed by atoms with Gasteiger partial charge in [0.1, 0.15) is 42.7 Å². The molecule has 258 valence electrons. The van der Waals surface area contributed by atoms with Gasteiger partial charge in [0.15, 0.2) is 18.9 Å². The molecular weight excluding hydrogens is 644 g/mol. The van der Waals surface area contributed by atoms with Gasteiger partial charge in [0, 0.05) is 25.2 Å². The second kappa shape index (κ2) is 15.9. The summed E-state index contributed by atoms with van der Waals surface area (Å²) in [6, 6.07) is 5.14. The molecule has 0 amide bonds. The molecule has 4 fully saturated rings. The second-order valence-corrected chi connectivity index (χ2v) is 11.3. The van der Waals surface area contributed by atoms with Crippen LogP contribution in [0, 0.1) is 0 Å². The molecule has 1 aromatic carbocycles. The fourth-order valence-corrected chi connectivity index (χ4v) is 6.13. The van der Waals surface area contributed by atoms with Crippen molar-refractivity contribution in [3.05, 3.63) is 77.7 Å². The van der Waals surface area contributed by atoms with E-state index in [2.05, 4.69) is 40.1 Å². The number of ether oxygens (including phenoxy) is 6. The molecule has 4 aliphatic rings. The van der Waals surface area contributed by atoms with E-state index in [0.717, 1.165) is 0 Å². The predicted octanol–water partition coefficient (Wildman–Crippen LogP) is 0.876. The number of aliphatic hydroxyl groups is 5. The van der Waals surface area contributed by atoms with Crippen LogP contribution >= 0.6 is 0 Å². The molecule has 0 radical (unpaired) electrons. The molecule has 0 bridgehead atoms. The lowest BCUT2D eigenvalue weighted by atomic mass is 9.84. The zero-order valence-electron chi connectivity index (χ0n) is 24.8. The minimum absolute atomic E-state index is 0.0754. The summed E-state index contributed by atoms with van der Waals surface area (Å²) in [7, 11) is 0. The van der Waals surface area contributed by atoms with Crippen molar-refractivity contribution in [2.75, 3.05) is 13.2 Å². The van der Waals surface area contributed by atoms with Crippen molar-refractivity contribution in [3.8, 4) is 0 Å². The van der Waals surface area contributed by atoms with Crippen molar-refractivity contribution >= 4 is 0 Å². The molecule has 0 unspecified atom stereocenters. The molecule has 1 saturated carbocycles. The third-order valence-electron chi connectivity index (χ3n) is 8.48. The van der Waals surface area contributed by atoms with E-state index >= 15 is 0 Å². The number of rotatable bonds is 10. The Hall–Kier alpha value is -3.98. The Kier molecular flexibility index (Phi) is 11.7. The SMILES string of the molecule is [N-]=[N+]=NC[C@H]1O[C@H](O[C@H]2[C@H](O)[C@@H](O[C@H]3O[C@@H]4CO[C@H](c5ccccc5)O[C@H]4[C@H](N=[N+]=[N-])[C@H]3O)[C@H](N=[N+]=[N-])C[C@@H]2N=[N+]=[N-])[C@H](O)[C@@H](O)[C@@H]1O. The van der Waals surface area contributed by atoms with Crippen molar-refractivity contribution in [2.45, 2.75) is 104 Å². The van der Waals surface area contributed by atoms with Gasteiger partial charge in [-0.1, -0.05) is 50.8 Å². The van der Waals surface area contributed by atoms with Crippen LogP contribution < -0.4 is 0 Å². The fraction of sp³-hybridized carbons (Fsp3) is 0.760. The maximum atomic E-state index is 11.5. The highest BCUT2D eigenvalue weighted by atomic mass is 16.8. The van der Waals surface area contributed by atoms with Gasteiger partial charge in [-0.25, -0.2) is 0 Å². The molecule has 3 heterocycles. The minimum Gasteiger partial charge on any atom is -0.388 e. The summed E-state index contributed by atoms with van der Waals surface area (Å²) in [6.07, 6.45) is -19.7. The maximum Gasteiger partial charge on any atom is 0.186 e. The Morgan fingerprint density at radius 1 is 0.708 bits per heavy atom. The fourth-order valence-electron chi connectivity index (χ4n) is 6.13. The molecule has 0 aromatic heterocycles. The van der Waals surface area contributed by atoms with Crippen molar-refractivity contribution in [2.24, 2.45) is 20.5 Å². The molecule has 1 aromatic rings. The van der Waals surface area contributed by atoms with Gasteiger partial charge in [-0.2, -0.15) is 0 Å². The number of fused-ring (bicyclic) bond motifs is 1. The lowest BCUT2D eigenvalue weighted by Gasteiger charge is -2.49. The van der Waals surface area contributed by atoms with Crippen LogP contribution in [0.4, 0.5) is 0 Å². The first-order valence-electron chi connectivity index (χ1n) is 14.7. The summed E-state index contributed by atoms with van der Waals surface area (Å²) in [5.41, 5.74) is 37.1. The zero-order chi connectivity index (χ0) is 34.4. The summed E-state index contributed by atoms with van der Waals surface area (Å²) in [5, 5.41) is 68.4. The molecule has 23 heteroatoms. The van der Waals surface area contributed by atoms with Gasteiger partial charge < -0.3 is 54.0 Å². The minimum atomic E-state index is -1.88. The summed E-state index contributed by atoms with van der Waals surface area (Å²) in [5.74, 6) is 0. The highest BCUT2D eigenvalue weighted by Crippen LogP contribution is 2.39. The zero-order valence-corrected chi connectivity index (χ0v) is 24.8. The number of aliphatic hydroxyl groups excluding tert-OH is 5. The Labute approximate surface area is 270 Å². The van der Waals surface area contributed by atoms with E-state index in [-0.39, 0.29) is 13.0 Å². The van der Waals surface area contributed by atoms with E-state index in [1.165, 1.54) is 0 Å².